The third-order valence-electron chi connectivity index (χ3n) is 10.2. The van der Waals surface area contributed by atoms with Crippen molar-refractivity contribution in [2.75, 3.05) is 0 Å². The van der Waals surface area contributed by atoms with E-state index in [4.69, 9.17) is 15.0 Å². The lowest BCUT2D eigenvalue weighted by Gasteiger charge is -2.23. The molecule has 0 spiro atoms. The summed E-state index contributed by atoms with van der Waals surface area (Å²) in [6.07, 6.45) is 3.63. The first-order valence-corrected chi connectivity index (χ1v) is 17.7. The van der Waals surface area contributed by atoms with E-state index in [2.05, 4.69) is 116 Å². The quantitative estimate of drug-likeness (QED) is 0.175. The largest absolute Gasteiger partial charge is 0.265 e. The first-order valence-electron chi connectivity index (χ1n) is 17.7. The molecular weight excluding hydrogens is 647 g/mol. The number of aromatic nitrogens is 4. The van der Waals surface area contributed by atoms with Gasteiger partial charge >= 0.3 is 0 Å². The zero-order valence-electron chi connectivity index (χ0n) is 29.3. The molecule has 8 aromatic rings. The van der Waals surface area contributed by atoms with E-state index in [1.165, 1.54) is 11.1 Å². The maximum absolute atomic E-state index is 10.00. The van der Waals surface area contributed by atoms with Crippen molar-refractivity contribution in [2.45, 2.75) is 19.3 Å². The molecule has 53 heavy (non-hydrogen) atoms. The fourth-order valence-corrected chi connectivity index (χ4v) is 7.58. The third-order valence-corrected chi connectivity index (χ3v) is 10.2. The normalized spacial score (nSPS) is 12.5. The smallest absolute Gasteiger partial charge is 0.164 e. The highest BCUT2D eigenvalue weighted by molar-refractivity contribution is 5.87. The number of nitrogens with zero attached hydrogens (tertiary/aromatic N) is 5. The number of nitriles is 1. The second kappa shape index (κ2) is 12.9. The van der Waals surface area contributed by atoms with Crippen LogP contribution in [0.15, 0.2) is 164 Å². The summed E-state index contributed by atoms with van der Waals surface area (Å²) in [6.45, 7) is 4.43. The number of benzene rings is 6. The molecule has 5 heteroatoms. The molecule has 2 heterocycles. The predicted octanol–water partition coefficient (Wildman–Crippen LogP) is 11.4. The number of hydrogen-bond donors (Lipinski definition) is 0. The van der Waals surface area contributed by atoms with E-state index >= 15 is 0 Å². The molecule has 0 bridgehead atoms. The van der Waals surface area contributed by atoms with Gasteiger partial charge in [-0.1, -0.05) is 123 Å². The van der Waals surface area contributed by atoms with Crippen molar-refractivity contribution >= 4 is 0 Å². The molecule has 0 fully saturated rings. The van der Waals surface area contributed by atoms with E-state index in [1.807, 2.05) is 73.1 Å². The molecule has 1 aliphatic carbocycles. The minimum absolute atomic E-state index is 0.331. The van der Waals surface area contributed by atoms with Crippen LogP contribution < -0.4 is 0 Å². The zero-order valence-corrected chi connectivity index (χ0v) is 29.3. The van der Waals surface area contributed by atoms with Crippen LogP contribution in [0.1, 0.15) is 30.5 Å². The van der Waals surface area contributed by atoms with Gasteiger partial charge in [0.2, 0.25) is 0 Å². The lowest BCUT2D eigenvalue weighted by atomic mass is 9.79. The Kier molecular flexibility index (Phi) is 7.79. The molecule has 1 aliphatic rings. The number of pyridine rings is 1. The molecule has 6 aromatic carbocycles. The van der Waals surface area contributed by atoms with Gasteiger partial charge < -0.3 is 0 Å². The lowest BCUT2D eigenvalue weighted by molar-refractivity contribution is 0.658. The van der Waals surface area contributed by atoms with Gasteiger partial charge in [0.05, 0.1) is 11.6 Å². The highest BCUT2D eigenvalue weighted by Gasteiger charge is 2.37. The van der Waals surface area contributed by atoms with Gasteiger partial charge in [0.25, 0.3) is 0 Å². The average Bonchev–Trinajstić information content (AvgIpc) is 3.47. The first kappa shape index (κ1) is 31.9. The molecule has 0 atom stereocenters. The van der Waals surface area contributed by atoms with Gasteiger partial charge in [-0.2, -0.15) is 5.26 Å². The van der Waals surface area contributed by atoms with Crippen molar-refractivity contribution in [3.63, 3.8) is 0 Å². The minimum atomic E-state index is -0.331. The van der Waals surface area contributed by atoms with Crippen LogP contribution >= 0.6 is 0 Å². The third kappa shape index (κ3) is 5.77. The van der Waals surface area contributed by atoms with Crippen LogP contribution in [0, 0.1) is 11.3 Å². The zero-order chi connectivity index (χ0) is 35.9. The van der Waals surface area contributed by atoms with Gasteiger partial charge in [-0.15, -0.1) is 0 Å². The number of rotatable bonds is 6. The maximum atomic E-state index is 10.00. The van der Waals surface area contributed by atoms with Crippen molar-refractivity contribution in [3.05, 3.63) is 181 Å². The Morgan fingerprint density at radius 2 is 0.943 bits per heavy atom. The summed E-state index contributed by atoms with van der Waals surface area (Å²) in [6, 6.07) is 54.5. The molecular formula is C48H33N5. The average molecular weight is 680 g/mol. The van der Waals surface area contributed by atoms with E-state index in [-0.39, 0.29) is 5.41 Å². The molecule has 2 aromatic heterocycles. The molecule has 0 N–H and O–H groups in total. The van der Waals surface area contributed by atoms with Crippen molar-refractivity contribution in [1.29, 1.82) is 5.26 Å². The summed E-state index contributed by atoms with van der Waals surface area (Å²) in [7, 11) is 0. The topological polar surface area (TPSA) is 75.3 Å². The summed E-state index contributed by atoms with van der Waals surface area (Å²) in [5.41, 5.74) is 14.2. The first-order chi connectivity index (χ1) is 26.0. The van der Waals surface area contributed by atoms with Crippen LogP contribution in [0.25, 0.3) is 78.7 Å². The van der Waals surface area contributed by atoms with Crippen LogP contribution in [-0.2, 0) is 5.41 Å². The van der Waals surface area contributed by atoms with Gasteiger partial charge in [-0.05, 0) is 98.1 Å². The minimum Gasteiger partial charge on any atom is -0.265 e. The molecule has 0 saturated heterocycles. The Labute approximate surface area is 309 Å². The van der Waals surface area contributed by atoms with E-state index in [0.717, 1.165) is 66.8 Å². The lowest BCUT2D eigenvalue weighted by Crippen LogP contribution is -2.16. The van der Waals surface area contributed by atoms with Crippen molar-refractivity contribution in [2.24, 2.45) is 0 Å². The van der Waals surface area contributed by atoms with Gasteiger partial charge in [0.15, 0.2) is 17.5 Å². The van der Waals surface area contributed by atoms with E-state index in [1.54, 1.807) is 0 Å². The Balaban J connectivity index is 1.21. The predicted molar refractivity (Wildman–Crippen MR) is 213 cm³/mol. The van der Waals surface area contributed by atoms with E-state index in [9.17, 15) is 5.26 Å². The fourth-order valence-electron chi connectivity index (χ4n) is 7.58. The van der Waals surface area contributed by atoms with Crippen LogP contribution in [0.4, 0.5) is 0 Å². The second-order valence-corrected chi connectivity index (χ2v) is 13.9. The molecule has 0 amide bonds. The molecule has 250 valence electrons. The van der Waals surface area contributed by atoms with Gasteiger partial charge in [-0.3, -0.25) is 4.98 Å². The summed E-state index contributed by atoms with van der Waals surface area (Å²) < 4.78 is 0. The van der Waals surface area contributed by atoms with Crippen molar-refractivity contribution in [3.8, 4) is 84.7 Å². The molecule has 0 saturated carbocycles. The highest BCUT2D eigenvalue weighted by atomic mass is 15.0. The Bertz CT molecular complexity index is 2680. The molecule has 9 rings (SSSR count). The van der Waals surface area contributed by atoms with E-state index < -0.39 is 0 Å². The van der Waals surface area contributed by atoms with Crippen molar-refractivity contribution in [1.82, 2.24) is 19.9 Å². The summed E-state index contributed by atoms with van der Waals surface area (Å²) >= 11 is 0. The fraction of sp³-hybridized carbons (Fsp3) is 0.0625. The number of fused-ring (bicyclic) bond motifs is 3. The van der Waals surface area contributed by atoms with E-state index in [0.29, 0.717) is 17.5 Å². The van der Waals surface area contributed by atoms with Crippen LogP contribution in [0.3, 0.4) is 0 Å². The SMILES string of the molecule is CC1(C)c2cc(-c3cc(-c4ccncc4)cc(-c4nc(-c5ccccc5)nc(-c5ccc(-c6ccccc6)cc5)n4)c3)ccc2-c2cccc(C#N)c21. The monoisotopic (exact) mass is 679 g/mol. The molecule has 0 aliphatic heterocycles. The maximum Gasteiger partial charge on any atom is 0.164 e. The van der Waals surface area contributed by atoms with Crippen LogP contribution in [0.2, 0.25) is 0 Å². The van der Waals surface area contributed by atoms with Gasteiger partial charge in [0.1, 0.15) is 0 Å². The van der Waals surface area contributed by atoms with Gasteiger partial charge in [0, 0.05) is 34.5 Å². The Hall–Kier alpha value is -7.03. The number of hydrogen-bond acceptors (Lipinski definition) is 5. The Morgan fingerprint density at radius 3 is 1.60 bits per heavy atom. The van der Waals surface area contributed by atoms with Crippen LogP contribution in [0.5, 0.6) is 0 Å². The Morgan fingerprint density at radius 1 is 0.434 bits per heavy atom. The molecule has 5 nitrogen and oxygen atoms in total. The van der Waals surface area contributed by atoms with Crippen molar-refractivity contribution < 1.29 is 0 Å². The highest BCUT2D eigenvalue weighted by Crippen LogP contribution is 2.51. The summed E-state index contributed by atoms with van der Waals surface area (Å²) in [4.78, 5) is 19.5. The molecule has 0 radical (unpaired) electrons. The second-order valence-electron chi connectivity index (χ2n) is 13.9. The van der Waals surface area contributed by atoms with Gasteiger partial charge in [-0.25, -0.2) is 15.0 Å². The van der Waals surface area contributed by atoms with Crippen LogP contribution in [-0.4, -0.2) is 19.9 Å². The molecule has 0 unspecified atom stereocenters. The standard InChI is InChI=1S/C48H33N5/c1-48(2)43-29-36(20-21-41(43)42-15-9-14-37(30-49)44(42)48)39-26-38(33-22-24-50-25-23-33)27-40(28-39)47-52-45(34-12-7-4-8-13-34)51-46(53-47)35-18-16-32(17-19-35)31-10-5-3-6-11-31/h3-29H,1-2H3. The summed E-state index contributed by atoms with van der Waals surface area (Å²) in [5.74, 6) is 1.80. The summed E-state index contributed by atoms with van der Waals surface area (Å²) in [5, 5.41) is 10.00.